The van der Waals surface area contributed by atoms with Crippen molar-refractivity contribution in [2.75, 3.05) is 0 Å². The SMILES string of the molecule is C[C@@H]1CCCC[C@H]1NS(=O)(=O)c1ccc(I)cc1. The molecule has 0 radical (unpaired) electrons. The summed E-state index contributed by atoms with van der Waals surface area (Å²) >= 11 is 2.17. The van der Waals surface area contributed by atoms with Gasteiger partial charge < -0.3 is 0 Å². The topological polar surface area (TPSA) is 46.2 Å². The molecule has 2 atom stereocenters. The molecule has 2 rings (SSSR count). The molecular formula is C13H18INO2S. The second-order valence-corrected chi connectivity index (χ2v) is 7.90. The van der Waals surface area contributed by atoms with Crippen LogP contribution in [-0.2, 0) is 10.0 Å². The molecule has 3 nitrogen and oxygen atoms in total. The Bertz CT molecular complexity index is 498. The first-order valence-electron chi connectivity index (χ1n) is 6.27. The van der Waals surface area contributed by atoms with Crippen molar-refractivity contribution < 1.29 is 8.42 Å². The third-order valence-electron chi connectivity index (χ3n) is 3.54. The predicted octanol–water partition coefficient (Wildman–Crippen LogP) is 3.15. The minimum atomic E-state index is -3.36. The van der Waals surface area contributed by atoms with Crippen LogP contribution in [0.1, 0.15) is 32.6 Å². The van der Waals surface area contributed by atoms with Gasteiger partial charge in [0.1, 0.15) is 0 Å². The largest absolute Gasteiger partial charge is 0.240 e. The molecule has 1 aromatic carbocycles. The van der Waals surface area contributed by atoms with Gasteiger partial charge in [0.2, 0.25) is 10.0 Å². The highest BCUT2D eigenvalue weighted by atomic mass is 127. The Labute approximate surface area is 123 Å². The molecule has 1 aliphatic rings. The van der Waals surface area contributed by atoms with E-state index in [1.165, 1.54) is 6.42 Å². The van der Waals surface area contributed by atoms with Crippen molar-refractivity contribution in [1.29, 1.82) is 0 Å². The number of sulfonamides is 1. The lowest BCUT2D eigenvalue weighted by Gasteiger charge is -2.29. The van der Waals surface area contributed by atoms with E-state index in [0.717, 1.165) is 22.8 Å². The first-order valence-corrected chi connectivity index (χ1v) is 8.83. The predicted molar refractivity (Wildman–Crippen MR) is 80.9 cm³/mol. The van der Waals surface area contributed by atoms with Crippen LogP contribution in [-0.4, -0.2) is 14.5 Å². The van der Waals surface area contributed by atoms with E-state index in [1.54, 1.807) is 12.1 Å². The molecule has 0 aliphatic heterocycles. The van der Waals surface area contributed by atoms with Gasteiger partial charge in [-0.2, -0.15) is 0 Å². The van der Waals surface area contributed by atoms with Crippen molar-refractivity contribution in [2.45, 2.75) is 43.5 Å². The van der Waals surface area contributed by atoms with Crippen LogP contribution in [0.25, 0.3) is 0 Å². The molecular weight excluding hydrogens is 361 g/mol. The average Bonchev–Trinajstić information content (AvgIpc) is 2.32. The fourth-order valence-electron chi connectivity index (χ4n) is 2.37. The Morgan fingerprint density at radius 2 is 1.78 bits per heavy atom. The van der Waals surface area contributed by atoms with Gasteiger partial charge in [0.25, 0.3) is 0 Å². The molecule has 1 fully saturated rings. The molecule has 1 saturated carbocycles. The van der Waals surface area contributed by atoms with Crippen molar-refractivity contribution in [3.63, 3.8) is 0 Å². The summed E-state index contributed by atoms with van der Waals surface area (Å²) in [4.78, 5) is 0.362. The smallest absolute Gasteiger partial charge is 0.208 e. The Hall–Kier alpha value is -0.140. The van der Waals surface area contributed by atoms with Crippen LogP contribution in [0.5, 0.6) is 0 Å². The van der Waals surface area contributed by atoms with Crippen molar-refractivity contribution >= 4 is 32.6 Å². The third-order valence-corrected chi connectivity index (χ3v) is 5.77. The monoisotopic (exact) mass is 379 g/mol. The van der Waals surface area contributed by atoms with Gasteiger partial charge in [0.05, 0.1) is 4.90 Å². The number of nitrogens with one attached hydrogen (secondary N) is 1. The summed E-state index contributed by atoms with van der Waals surface area (Å²) in [5.41, 5.74) is 0. The second-order valence-electron chi connectivity index (χ2n) is 4.94. The van der Waals surface area contributed by atoms with Crippen molar-refractivity contribution in [2.24, 2.45) is 5.92 Å². The van der Waals surface area contributed by atoms with Crippen LogP contribution < -0.4 is 4.72 Å². The maximum absolute atomic E-state index is 12.2. The highest BCUT2D eigenvalue weighted by molar-refractivity contribution is 14.1. The zero-order valence-corrected chi connectivity index (χ0v) is 13.4. The zero-order chi connectivity index (χ0) is 13.2. The molecule has 1 N–H and O–H groups in total. The lowest BCUT2D eigenvalue weighted by atomic mass is 9.87. The van der Waals surface area contributed by atoms with Crippen LogP contribution in [0, 0.1) is 9.49 Å². The van der Waals surface area contributed by atoms with Crippen LogP contribution in [0.2, 0.25) is 0 Å². The van der Waals surface area contributed by atoms with Gasteiger partial charge in [-0.1, -0.05) is 19.8 Å². The maximum atomic E-state index is 12.2. The van der Waals surface area contributed by atoms with Crippen LogP contribution in [0.3, 0.4) is 0 Å². The maximum Gasteiger partial charge on any atom is 0.240 e. The van der Waals surface area contributed by atoms with E-state index < -0.39 is 10.0 Å². The molecule has 0 bridgehead atoms. The van der Waals surface area contributed by atoms with E-state index in [4.69, 9.17) is 0 Å². The molecule has 0 aromatic heterocycles. The van der Waals surface area contributed by atoms with Crippen LogP contribution >= 0.6 is 22.6 Å². The Kier molecular flexibility index (Phi) is 4.66. The van der Waals surface area contributed by atoms with E-state index in [2.05, 4.69) is 34.2 Å². The average molecular weight is 379 g/mol. The first kappa shape index (κ1) is 14.3. The minimum Gasteiger partial charge on any atom is -0.208 e. The van der Waals surface area contributed by atoms with E-state index >= 15 is 0 Å². The number of benzene rings is 1. The van der Waals surface area contributed by atoms with Gasteiger partial charge in [0, 0.05) is 9.61 Å². The van der Waals surface area contributed by atoms with E-state index in [0.29, 0.717) is 10.8 Å². The minimum absolute atomic E-state index is 0.0861. The van der Waals surface area contributed by atoms with Crippen LogP contribution in [0.4, 0.5) is 0 Å². The van der Waals surface area contributed by atoms with Gasteiger partial charge >= 0.3 is 0 Å². The van der Waals surface area contributed by atoms with Gasteiger partial charge in [-0.05, 0) is 65.6 Å². The standard InChI is InChI=1S/C13H18INO2S/c1-10-4-2-3-5-13(10)15-18(16,17)12-8-6-11(14)7-9-12/h6-10,13,15H,2-5H2,1H3/t10-,13-/m1/s1. The summed E-state index contributed by atoms with van der Waals surface area (Å²) in [7, 11) is -3.36. The highest BCUT2D eigenvalue weighted by Crippen LogP contribution is 2.25. The molecule has 0 unspecified atom stereocenters. The molecule has 100 valence electrons. The lowest BCUT2D eigenvalue weighted by molar-refractivity contribution is 0.310. The second kappa shape index (κ2) is 5.88. The summed E-state index contributed by atoms with van der Waals surface area (Å²) in [6, 6.07) is 7.05. The molecule has 0 spiro atoms. The van der Waals surface area contributed by atoms with Gasteiger partial charge in [-0.3, -0.25) is 0 Å². The quantitative estimate of drug-likeness (QED) is 0.821. The first-order chi connectivity index (χ1) is 8.49. The van der Waals surface area contributed by atoms with E-state index in [1.807, 2.05) is 12.1 Å². The molecule has 18 heavy (non-hydrogen) atoms. The molecule has 0 heterocycles. The summed E-state index contributed by atoms with van der Waals surface area (Å²) in [5.74, 6) is 0.428. The Morgan fingerprint density at radius 3 is 2.39 bits per heavy atom. The molecule has 1 aromatic rings. The Morgan fingerprint density at radius 1 is 1.17 bits per heavy atom. The number of halogens is 1. The summed E-state index contributed by atoms with van der Waals surface area (Å²) in [6.07, 6.45) is 4.39. The van der Waals surface area contributed by atoms with Gasteiger partial charge in [0.15, 0.2) is 0 Å². The zero-order valence-electron chi connectivity index (χ0n) is 10.4. The summed E-state index contributed by atoms with van der Waals surface area (Å²) in [6.45, 7) is 2.13. The number of hydrogen-bond acceptors (Lipinski definition) is 2. The van der Waals surface area contributed by atoms with Crippen molar-refractivity contribution in [3.8, 4) is 0 Å². The lowest BCUT2D eigenvalue weighted by Crippen LogP contribution is -2.40. The normalized spacial score (nSPS) is 25.0. The Balaban J connectivity index is 2.13. The van der Waals surface area contributed by atoms with Gasteiger partial charge in [-0.25, -0.2) is 13.1 Å². The fraction of sp³-hybridized carbons (Fsp3) is 0.538. The third kappa shape index (κ3) is 3.45. The van der Waals surface area contributed by atoms with Crippen LogP contribution in [0.15, 0.2) is 29.2 Å². The molecule has 5 heteroatoms. The fourth-order valence-corrected chi connectivity index (χ4v) is 4.11. The molecule has 1 aliphatic carbocycles. The van der Waals surface area contributed by atoms with Crippen molar-refractivity contribution in [3.05, 3.63) is 27.8 Å². The highest BCUT2D eigenvalue weighted by Gasteiger charge is 2.26. The van der Waals surface area contributed by atoms with E-state index in [9.17, 15) is 8.42 Å². The van der Waals surface area contributed by atoms with Gasteiger partial charge in [-0.15, -0.1) is 0 Å². The van der Waals surface area contributed by atoms with E-state index in [-0.39, 0.29) is 6.04 Å². The molecule has 0 amide bonds. The number of hydrogen-bond donors (Lipinski definition) is 1. The summed E-state index contributed by atoms with van der Waals surface area (Å²) in [5, 5.41) is 0. The van der Waals surface area contributed by atoms with Crippen molar-refractivity contribution in [1.82, 2.24) is 4.72 Å². The summed E-state index contributed by atoms with van der Waals surface area (Å²) < 4.78 is 28.4. The molecule has 0 saturated heterocycles. The number of rotatable bonds is 3.